The van der Waals surface area contributed by atoms with E-state index in [1.165, 1.54) is 11.0 Å². The predicted molar refractivity (Wildman–Crippen MR) is 239 cm³/mol. The van der Waals surface area contributed by atoms with Crippen molar-refractivity contribution in [3.05, 3.63) is 96.2 Å². The van der Waals surface area contributed by atoms with E-state index in [1.54, 1.807) is 62.8 Å². The number of pyridine rings is 1. The van der Waals surface area contributed by atoms with Gasteiger partial charge in [0.1, 0.15) is 16.5 Å². The number of aromatic nitrogens is 1. The summed E-state index contributed by atoms with van der Waals surface area (Å²) in [6, 6.07) is 23.8. The van der Waals surface area contributed by atoms with Gasteiger partial charge in [-0.3, -0.25) is 19.4 Å². The Kier molecular flexibility index (Phi) is 12.6. The highest BCUT2D eigenvalue weighted by molar-refractivity contribution is 8.76. The first-order chi connectivity index (χ1) is 28.9. The number of alkyl halides is 2. The summed E-state index contributed by atoms with van der Waals surface area (Å²) in [6.45, 7) is 1.08. The van der Waals surface area contributed by atoms with Crippen molar-refractivity contribution in [1.29, 1.82) is 0 Å². The maximum Gasteiger partial charge on any atom is 0.524 e. The van der Waals surface area contributed by atoms with Crippen LogP contribution >= 0.6 is 52.6 Å². The highest BCUT2D eigenvalue weighted by Crippen LogP contribution is 2.53. The van der Waals surface area contributed by atoms with Crippen LogP contribution in [0.5, 0.6) is 11.5 Å². The lowest BCUT2D eigenvalue weighted by molar-refractivity contribution is -0.134. The van der Waals surface area contributed by atoms with Gasteiger partial charge < -0.3 is 24.0 Å². The molecule has 0 bridgehead atoms. The van der Waals surface area contributed by atoms with Crippen molar-refractivity contribution in [2.45, 2.75) is 49.0 Å². The first-order valence-electron chi connectivity index (χ1n) is 19.7. The Morgan fingerprint density at radius 3 is 2.03 bits per heavy atom. The molecule has 5 aromatic rings. The van der Waals surface area contributed by atoms with Gasteiger partial charge in [0.05, 0.1) is 16.8 Å². The molecule has 12 nitrogen and oxygen atoms in total. The number of benzene rings is 4. The number of anilines is 2. The third-order valence-electron chi connectivity index (χ3n) is 11.8. The zero-order valence-corrected chi connectivity index (χ0v) is 36.7. The number of amides is 3. The summed E-state index contributed by atoms with van der Waals surface area (Å²) >= 11 is 13.1. The lowest BCUT2D eigenvalue weighted by Crippen LogP contribution is -2.48. The topological polar surface area (TPSA) is 150 Å². The van der Waals surface area contributed by atoms with Gasteiger partial charge in [-0.1, -0.05) is 71.8 Å². The van der Waals surface area contributed by atoms with Gasteiger partial charge in [-0.2, -0.15) is 0 Å². The Balaban J connectivity index is 1.02. The molecule has 0 radical (unpaired) electrons. The summed E-state index contributed by atoms with van der Waals surface area (Å²) < 4.78 is 23.2. The molecule has 3 heterocycles. The zero-order valence-electron chi connectivity index (χ0n) is 32.7. The highest BCUT2D eigenvalue weighted by atomic mass is 35.5. The summed E-state index contributed by atoms with van der Waals surface area (Å²) in [5.74, 6) is 0.777. The number of rotatable bonds is 14. The second kappa shape index (κ2) is 17.8. The molecule has 1 saturated carbocycles. The molecule has 60 heavy (non-hydrogen) atoms. The quantitative estimate of drug-likeness (QED) is 0.0475. The Morgan fingerprint density at radius 1 is 0.867 bits per heavy atom. The van der Waals surface area contributed by atoms with Gasteiger partial charge in [-0.05, 0) is 64.1 Å². The zero-order chi connectivity index (χ0) is 42.2. The highest BCUT2D eigenvalue weighted by Gasteiger charge is 2.49. The Hall–Kier alpha value is -4.01. The molecule has 3 aliphatic rings. The van der Waals surface area contributed by atoms with Gasteiger partial charge in [-0.25, -0.2) is 14.3 Å². The van der Waals surface area contributed by atoms with Crippen LogP contribution in [-0.2, 0) is 14.2 Å². The summed E-state index contributed by atoms with van der Waals surface area (Å²) in [7, 11) is -0.0881. The number of phosphoric acid groups is 1. The maximum absolute atomic E-state index is 14.9. The van der Waals surface area contributed by atoms with Crippen molar-refractivity contribution in [2.75, 3.05) is 54.0 Å². The van der Waals surface area contributed by atoms with Crippen molar-refractivity contribution >= 4 is 103 Å². The van der Waals surface area contributed by atoms with E-state index >= 15 is 0 Å². The van der Waals surface area contributed by atoms with Crippen LogP contribution in [0.25, 0.3) is 21.5 Å². The molecule has 4 aromatic carbocycles. The number of hydrogen-bond donors (Lipinski definition) is 2. The third-order valence-corrected chi connectivity index (χ3v) is 15.2. The van der Waals surface area contributed by atoms with E-state index in [4.69, 9.17) is 32.5 Å². The normalized spacial score (nSPS) is 17.9. The van der Waals surface area contributed by atoms with Crippen molar-refractivity contribution in [3.63, 3.8) is 0 Å². The molecule has 3 amide bonds. The number of fused-ring (bicyclic) bond motifs is 6. The van der Waals surface area contributed by atoms with Crippen LogP contribution in [0.15, 0.2) is 90.1 Å². The number of nitrogens with zero attached hydrogens (tertiary/aromatic N) is 4. The minimum Gasteiger partial charge on any atom is -0.409 e. The minimum absolute atomic E-state index is 0.0307. The summed E-state index contributed by atoms with van der Waals surface area (Å²) in [5, 5.41) is 3.70. The molecule has 0 saturated heterocycles. The summed E-state index contributed by atoms with van der Waals surface area (Å²) in [4.78, 5) is 71.2. The van der Waals surface area contributed by atoms with Gasteiger partial charge in [0.15, 0.2) is 0 Å². The second-order valence-electron chi connectivity index (χ2n) is 15.4. The van der Waals surface area contributed by atoms with Crippen molar-refractivity contribution in [3.8, 4) is 11.5 Å². The standard InChI is InChI=1S/C43H43Cl2N4O8PS2/c1-47(19-20-59-60-37-13-6-7-18-46-37)42(52)56-35-21-34-40(31-11-4-2-9-29(31)35)28(24-45)26-49(34)41(51)43(15-8-16-43)17-14-38(50)48-25-27(23-44)39-32-12-5-3-10-30(32)36(22-33(39)48)57-58(53,54)55/h2-7,9-13,18,21-22,27-28H,8,14-17,19-20,23-26H2,1H3,(H2,53,54,55)/t27-,28-/m1/s1. The number of carbonyl (C=O) groups is 3. The van der Waals surface area contributed by atoms with E-state index in [9.17, 15) is 28.7 Å². The molecule has 8 rings (SSSR count). The van der Waals surface area contributed by atoms with Crippen LogP contribution in [0, 0.1) is 5.41 Å². The Bertz CT molecular complexity index is 2510. The molecule has 1 aliphatic carbocycles. The van der Waals surface area contributed by atoms with E-state index in [2.05, 4.69) is 4.98 Å². The minimum atomic E-state index is -4.92. The van der Waals surface area contributed by atoms with Crippen LogP contribution in [-0.4, -0.2) is 81.8 Å². The van der Waals surface area contributed by atoms with Crippen LogP contribution in [0.4, 0.5) is 16.2 Å². The van der Waals surface area contributed by atoms with E-state index in [-0.39, 0.29) is 54.1 Å². The molecule has 1 aromatic heterocycles. The molecular weight excluding hydrogens is 867 g/mol. The molecule has 1 fully saturated rings. The van der Waals surface area contributed by atoms with E-state index in [0.717, 1.165) is 33.3 Å². The van der Waals surface area contributed by atoms with Gasteiger partial charge in [-0.15, -0.1) is 23.2 Å². The lowest BCUT2D eigenvalue weighted by atomic mass is 9.65. The smallest absolute Gasteiger partial charge is 0.409 e. The molecule has 314 valence electrons. The molecule has 2 atom stereocenters. The number of phosphoric ester groups is 1. The monoisotopic (exact) mass is 908 g/mol. The van der Waals surface area contributed by atoms with Crippen LogP contribution in [0.1, 0.15) is 55.1 Å². The van der Waals surface area contributed by atoms with Gasteiger partial charge >= 0.3 is 13.9 Å². The predicted octanol–water partition coefficient (Wildman–Crippen LogP) is 9.72. The van der Waals surface area contributed by atoms with E-state index in [1.807, 2.05) is 54.6 Å². The van der Waals surface area contributed by atoms with Crippen LogP contribution < -0.4 is 19.1 Å². The van der Waals surface area contributed by atoms with Crippen LogP contribution in [0.2, 0.25) is 0 Å². The summed E-state index contributed by atoms with van der Waals surface area (Å²) in [5.41, 5.74) is 2.08. The van der Waals surface area contributed by atoms with E-state index in [0.29, 0.717) is 66.0 Å². The number of carbonyl (C=O) groups excluding carboxylic acids is 3. The van der Waals surface area contributed by atoms with E-state index < -0.39 is 19.3 Å². The molecule has 0 unspecified atom stereocenters. The second-order valence-corrected chi connectivity index (χ2v) is 19.6. The van der Waals surface area contributed by atoms with Gasteiger partial charge in [0.2, 0.25) is 11.8 Å². The molecule has 0 spiro atoms. The van der Waals surface area contributed by atoms with Crippen molar-refractivity contribution < 1.29 is 38.0 Å². The first kappa shape index (κ1) is 42.7. The molecule has 2 N–H and O–H groups in total. The first-order valence-corrected chi connectivity index (χ1v) is 24.6. The fraction of sp³-hybridized carbons (Fsp3) is 0.349. The number of ether oxygens (including phenoxy) is 1. The maximum atomic E-state index is 14.9. The Labute approximate surface area is 365 Å². The lowest BCUT2D eigenvalue weighted by Gasteiger charge is -2.43. The number of hydrogen-bond acceptors (Lipinski definition) is 9. The largest absolute Gasteiger partial charge is 0.524 e. The summed E-state index contributed by atoms with van der Waals surface area (Å²) in [6.07, 6.45) is 3.64. The van der Waals surface area contributed by atoms with Crippen molar-refractivity contribution in [1.82, 2.24) is 9.88 Å². The fourth-order valence-electron chi connectivity index (χ4n) is 8.67. The third kappa shape index (κ3) is 8.44. The van der Waals surface area contributed by atoms with Gasteiger partial charge in [0, 0.05) is 91.6 Å². The average molecular weight is 910 g/mol. The number of halogens is 2. The van der Waals surface area contributed by atoms with Crippen molar-refractivity contribution in [2.24, 2.45) is 5.41 Å². The van der Waals surface area contributed by atoms with Gasteiger partial charge in [0.25, 0.3) is 0 Å². The average Bonchev–Trinajstić information content (AvgIpc) is 3.80. The molecule has 2 aliphatic heterocycles. The SMILES string of the molecule is CN(CCSSc1ccccn1)C(=O)Oc1cc2c(c3ccccc13)[C@H](CCl)CN2C(=O)C1(CCC(=O)N2C[C@@H](CCl)c3c2cc(OP(=O)(O)O)c2ccccc32)CCC1. The fourth-order valence-corrected chi connectivity index (χ4v) is 11.5. The molecular formula is C43H43Cl2N4O8PS2. The Morgan fingerprint density at radius 2 is 1.45 bits per heavy atom. The molecule has 17 heteroatoms. The van der Waals surface area contributed by atoms with Crippen LogP contribution in [0.3, 0.4) is 0 Å².